The van der Waals surface area contributed by atoms with Gasteiger partial charge in [-0.2, -0.15) is 0 Å². The Morgan fingerprint density at radius 2 is 1.81 bits per heavy atom. The highest BCUT2D eigenvalue weighted by molar-refractivity contribution is 8.00. The van der Waals surface area contributed by atoms with Crippen LogP contribution in [0.3, 0.4) is 0 Å². The molecule has 1 aliphatic heterocycles. The number of amides is 1. The van der Waals surface area contributed by atoms with Gasteiger partial charge in [0.1, 0.15) is 6.04 Å². The van der Waals surface area contributed by atoms with Gasteiger partial charge in [0.2, 0.25) is 0 Å². The predicted molar refractivity (Wildman–Crippen MR) is 107 cm³/mol. The monoisotopic (exact) mass is 377 g/mol. The molecule has 0 aliphatic carbocycles. The Hall–Kier alpha value is -1.49. The molecule has 1 amide bonds. The lowest BCUT2D eigenvalue weighted by atomic mass is 10.0. The second-order valence-electron chi connectivity index (χ2n) is 6.84. The third-order valence-electron chi connectivity index (χ3n) is 4.87. The van der Waals surface area contributed by atoms with Crippen LogP contribution in [-0.2, 0) is 16.0 Å². The molecule has 0 bridgehead atoms. The number of methoxy groups -OCH3 is 1. The van der Waals surface area contributed by atoms with Gasteiger partial charge in [0.15, 0.2) is 0 Å². The van der Waals surface area contributed by atoms with Gasteiger partial charge in [-0.15, -0.1) is 11.8 Å². The molecule has 1 aromatic rings. The number of ether oxygens (including phenoxy) is 1. The molecule has 0 aromatic heterocycles. The third-order valence-corrected chi connectivity index (χ3v) is 6.23. The minimum absolute atomic E-state index is 0.0536. The Morgan fingerprint density at radius 1 is 1.12 bits per heavy atom. The average molecular weight is 378 g/mol. The van der Waals surface area contributed by atoms with Crippen molar-refractivity contribution < 1.29 is 14.3 Å². The molecule has 5 heteroatoms. The number of hydrogen-bond acceptors (Lipinski definition) is 4. The van der Waals surface area contributed by atoms with Crippen molar-refractivity contribution in [3.05, 3.63) is 35.4 Å². The van der Waals surface area contributed by atoms with Crippen molar-refractivity contribution in [2.75, 3.05) is 12.9 Å². The maximum atomic E-state index is 13.2. The van der Waals surface area contributed by atoms with E-state index in [4.69, 9.17) is 4.74 Å². The molecule has 2 rings (SSSR count). The van der Waals surface area contributed by atoms with Crippen LogP contribution in [0.25, 0.3) is 0 Å². The number of aryl methyl sites for hydroxylation is 1. The molecular weight excluding hydrogens is 346 g/mol. The standard InChI is InChI=1S/C21H31NO3S/c1-4-6-8-10-19-22(18(15-26-19)21(24)25-3)20(23)17-13-11-16(12-14-17)9-7-5-2/h11-14,18-19H,4-10,15H2,1-3H3. The van der Waals surface area contributed by atoms with Gasteiger partial charge in [0.25, 0.3) is 5.91 Å². The Morgan fingerprint density at radius 3 is 2.42 bits per heavy atom. The Kier molecular flexibility index (Phi) is 8.49. The van der Waals surface area contributed by atoms with E-state index in [-0.39, 0.29) is 17.3 Å². The molecule has 1 fully saturated rings. The number of nitrogens with zero attached hydrogens (tertiary/aromatic N) is 1. The molecule has 26 heavy (non-hydrogen) atoms. The molecule has 0 N–H and O–H groups in total. The fourth-order valence-electron chi connectivity index (χ4n) is 3.29. The maximum absolute atomic E-state index is 13.2. The minimum atomic E-state index is -0.483. The summed E-state index contributed by atoms with van der Waals surface area (Å²) in [5.74, 6) is 0.237. The van der Waals surface area contributed by atoms with Crippen molar-refractivity contribution in [1.82, 2.24) is 4.90 Å². The van der Waals surface area contributed by atoms with E-state index < -0.39 is 6.04 Å². The van der Waals surface area contributed by atoms with Crippen molar-refractivity contribution in [1.29, 1.82) is 0 Å². The third kappa shape index (κ3) is 5.26. The summed E-state index contributed by atoms with van der Waals surface area (Å²) in [7, 11) is 1.39. The summed E-state index contributed by atoms with van der Waals surface area (Å²) in [6, 6.07) is 7.38. The molecule has 1 saturated heterocycles. The first-order valence-corrected chi connectivity index (χ1v) is 10.8. The van der Waals surface area contributed by atoms with E-state index in [1.165, 1.54) is 12.7 Å². The summed E-state index contributed by atoms with van der Waals surface area (Å²) in [6.07, 6.45) is 7.63. The summed E-state index contributed by atoms with van der Waals surface area (Å²) in [4.78, 5) is 27.1. The second-order valence-corrected chi connectivity index (χ2v) is 8.05. The number of benzene rings is 1. The predicted octanol–water partition coefficient (Wildman–Crippen LogP) is 4.67. The summed E-state index contributed by atoms with van der Waals surface area (Å²) < 4.78 is 4.94. The van der Waals surface area contributed by atoms with Gasteiger partial charge in [-0.05, 0) is 37.0 Å². The number of unbranched alkanes of at least 4 members (excludes halogenated alkanes) is 3. The molecule has 2 atom stereocenters. The summed E-state index contributed by atoms with van der Waals surface area (Å²) >= 11 is 1.69. The first kappa shape index (κ1) is 20.8. The maximum Gasteiger partial charge on any atom is 0.329 e. The molecule has 144 valence electrons. The highest BCUT2D eigenvalue weighted by Gasteiger charge is 2.42. The number of rotatable bonds is 9. The molecule has 1 aliphatic rings. The van der Waals surface area contributed by atoms with Crippen LogP contribution < -0.4 is 0 Å². The van der Waals surface area contributed by atoms with Crippen LogP contribution in [0.5, 0.6) is 0 Å². The lowest BCUT2D eigenvalue weighted by molar-refractivity contribution is -0.145. The van der Waals surface area contributed by atoms with Gasteiger partial charge in [-0.3, -0.25) is 4.79 Å². The molecule has 0 spiro atoms. The van der Waals surface area contributed by atoms with Crippen LogP contribution in [0.15, 0.2) is 24.3 Å². The quantitative estimate of drug-likeness (QED) is 0.464. The first-order valence-electron chi connectivity index (χ1n) is 9.73. The van der Waals surface area contributed by atoms with Crippen molar-refractivity contribution in [3.63, 3.8) is 0 Å². The zero-order chi connectivity index (χ0) is 18.9. The van der Waals surface area contributed by atoms with Crippen LogP contribution in [0.2, 0.25) is 0 Å². The Bertz CT molecular complexity index is 587. The molecule has 1 aromatic carbocycles. The minimum Gasteiger partial charge on any atom is -0.467 e. The summed E-state index contributed by atoms with van der Waals surface area (Å²) in [6.45, 7) is 4.34. The lowest BCUT2D eigenvalue weighted by Gasteiger charge is -2.28. The van der Waals surface area contributed by atoms with E-state index in [0.717, 1.165) is 44.9 Å². The molecule has 1 heterocycles. The fourth-order valence-corrected chi connectivity index (χ4v) is 4.73. The molecule has 2 unspecified atom stereocenters. The van der Waals surface area contributed by atoms with Crippen LogP contribution in [0.4, 0.5) is 0 Å². The van der Waals surface area contributed by atoms with Crippen LogP contribution >= 0.6 is 11.8 Å². The van der Waals surface area contributed by atoms with Crippen molar-refractivity contribution >= 4 is 23.6 Å². The number of carbonyl (C=O) groups excluding carboxylic acids is 2. The van der Waals surface area contributed by atoms with Crippen LogP contribution in [0, 0.1) is 0 Å². The van der Waals surface area contributed by atoms with Crippen LogP contribution in [0.1, 0.15) is 68.3 Å². The zero-order valence-corrected chi connectivity index (χ0v) is 17.0. The normalized spacial score (nSPS) is 19.6. The van der Waals surface area contributed by atoms with Crippen molar-refractivity contribution in [2.24, 2.45) is 0 Å². The van der Waals surface area contributed by atoms with E-state index in [0.29, 0.717) is 11.3 Å². The number of carbonyl (C=O) groups is 2. The lowest BCUT2D eigenvalue weighted by Crippen LogP contribution is -2.46. The smallest absolute Gasteiger partial charge is 0.329 e. The number of thioether (sulfide) groups is 1. The number of hydrogen-bond donors (Lipinski definition) is 0. The zero-order valence-electron chi connectivity index (χ0n) is 16.2. The first-order chi connectivity index (χ1) is 12.6. The largest absolute Gasteiger partial charge is 0.467 e. The topological polar surface area (TPSA) is 46.6 Å². The van der Waals surface area contributed by atoms with Gasteiger partial charge in [0, 0.05) is 11.3 Å². The van der Waals surface area contributed by atoms with Gasteiger partial charge in [-0.1, -0.05) is 51.7 Å². The molecule has 4 nitrogen and oxygen atoms in total. The van der Waals surface area contributed by atoms with Gasteiger partial charge < -0.3 is 9.64 Å². The van der Waals surface area contributed by atoms with Gasteiger partial charge in [-0.25, -0.2) is 4.79 Å². The summed E-state index contributed by atoms with van der Waals surface area (Å²) in [5.41, 5.74) is 1.91. The van der Waals surface area contributed by atoms with Gasteiger partial charge in [0.05, 0.1) is 12.5 Å². The van der Waals surface area contributed by atoms with E-state index in [2.05, 4.69) is 13.8 Å². The molecule has 0 radical (unpaired) electrons. The molecule has 0 saturated carbocycles. The highest BCUT2D eigenvalue weighted by atomic mass is 32.2. The second kappa shape index (κ2) is 10.6. The number of esters is 1. The van der Waals surface area contributed by atoms with Crippen molar-refractivity contribution in [3.8, 4) is 0 Å². The molecular formula is C21H31NO3S. The van der Waals surface area contributed by atoms with E-state index in [1.807, 2.05) is 24.3 Å². The Labute approximate surface area is 161 Å². The highest BCUT2D eigenvalue weighted by Crippen LogP contribution is 2.34. The van der Waals surface area contributed by atoms with Crippen molar-refractivity contribution in [2.45, 2.75) is 70.2 Å². The SMILES string of the molecule is CCCCCC1SCC(C(=O)OC)N1C(=O)c1ccc(CCCC)cc1. The summed E-state index contributed by atoms with van der Waals surface area (Å²) in [5, 5.41) is 0.0536. The van der Waals surface area contributed by atoms with E-state index in [1.54, 1.807) is 16.7 Å². The van der Waals surface area contributed by atoms with E-state index in [9.17, 15) is 9.59 Å². The van der Waals surface area contributed by atoms with Crippen LogP contribution in [-0.4, -0.2) is 41.1 Å². The average Bonchev–Trinajstić information content (AvgIpc) is 3.09. The fraction of sp³-hybridized carbons (Fsp3) is 0.619. The van der Waals surface area contributed by atoms with E-state index >= 15 is 0 Å². The van der Waals surface area contributed by atoms with Gasteiger partial charge >= 0.3 is 5.97 Å². The Balaban J connectivity index is 2.14.